The van der Waals surface area contributed by atoms with E-state index in [-0.39, 0.29) is 55.2 Å². The number of fused-ring (bicyclic) bond motifs is 1. The molecule has 0 saturated carbocycles. The molecule has 0 bridgehead atoms. The van der Waals surface area contributed by atoms with Crippen molar-refractivity contribution in [2.24, 2.45) is 5.92 Å². The number of carbonyl (C=O) groups excluding carboxylic acids is 2. The smallest absolute Gasteiger partial charge is 0.274 e. The van der Waals surface area contributed by atoms with E-state index in [9.17, 15) is 9.59 Å². The molecule has 0 aliphatic carbocycles. The Morgan fingerprint density at radius 1 is 1.08 bits per heavy atom. The monoisotopic (exact) mass is 577 g/mol. The summed E-state index contributed by atoms with van der Waals surface area (Å²) in [6.45, 7) is 6.58. The van der Waals surface area contributed by atoms with Gasteiger partial charge in [0.05, 0.1) is 24.8 Å². The number of aromatic nitrogens is 2. The van der Waals surface area contributed by atoms with Gasteiger partial charge in [0.2, 0.25) is 5.91 Å². The first-order valence-corrected chi connectivity index (χ1v) is 13.2. The molecule has 2 fully saturated rings. The first-order chi connectivity index (χ1) is 18.2. The third kappa shape index (κ3) is 7.03. The lowest BCUT2D eigenvalue weighted by Gasteiger charge is -2.39. The molecule has 2 aliphatic heterocycles. The summed E-state index contributed by atoms with van der Waals surface area (Å²) in [4.78, 5) is 35.8. The number of ether oxygens (including phenoxy) is 2. The van der Waals surface area contributed by atoms with Crippen LogP contribution in [0.1, 0.15) is 35.9 Å². The predicted molar refractivity (Wildman–Crippen MR) is 154 cm³/mol. The number of carbonyl (C=O) groups is 2. The number of rotatable bonds is 8. The number of pyridine rings is 1. The van der Waals surface area contributed by atoms with Crippen LogP contribution in [0.5, 0.6) is 5.75 Å². The predicted octanol–water partition coefficient (Wildman–Crippen LogP) is 3.45. The first kappa shape index (κ1) is 30.7. The number of nitrogens with zero attached hydrogens (tertiary/aromatic N) is 4. The molecule has 2 amide bonds. The van der Waals surface area contributed by atoms with Crippen LogP contribution < -0.4 is 10.1 Å². The van der Waals surface area contributed by atoms with Gasteiger partial charge in [-0.05, 0) is 37.1 Å². The van der Waals surface area contributed by atoms with Crippen molar-refractivity contribution in [3.05, 3.63) is 66.1 Å². The Hall–Kier alpha value is -2.85. The van der Waals surface area contributed by atoms with Gasteiger partial charge in [-0.25, -0.2) is 4.98 Å². The molecule has 2 saturated heterocycles. The number of piperidine rings is 1. The summed E-state index contributed by atoms with van der Waals surface area (Å²) >= 11 is 0. The topological polar surface area (TPSA) is 88.4 Å². The van der Waals surface area contributed by atoms with Crippen molar-refractivity contribution >= 4 is 42.3 Å². The Balaban J connectivity index is 0.00000210. The van der Waals surface area contributed by atoms with Crippen LogP contribution in [0.15, 0.2) is 54.7 Å². The average molecular weight is 579 g/mol. The Morgan fingerprint density at radius 3 is 2.56 bits per heavy atom. The second kappa shape index (κ2) is 14.5. The number of halogens is 2. The van der Waals surface area contributed by atoms with Crippen molar-refractivity contribution < 1.29 is 19.1 Å². The molecule has 2 unspecified atom stereocenters. The standard InChI is InChI=1S/C28H35N5O4.2ClH/c1-2-11-32(22-17-21(18-29-19-22)27(34)31-13-15-36-16-14-31)28(35)26-24(20-37-23-8-4-3-5-9-23)33-12-7-6-10-25(33)30-26;;/h3-10,12,21-22,29H,2,11,13-20H2,1H3;2*1H. The molecule has 9 nitrogen and oxygen atoms in total. The van der Waals surface area contributed by atoms with E-state index in [1.54, 1.807) is 0 Å². The van der Waals surface area contributed by atoms with Crippen LogP contribution in [0, 0.1) is 5.92 Å². The molecular formula is C28H37Cl2N5O4. The number of hydrogen-bond acceptors (Lipinski definition) is 6. The van der Waals surface area contributed by atoms with Crippen LogP contribution in [-0.4, -0.2) is 83.0 Å². The van der Waals surface area contributed by atoms with Gasteiger partial charge >= 0.3 is 0 Å². The van der Waals surface area contributed by atoms with Crippen molar-refractivity contribution in [2.45, 2.75) is 32.4 Å². The molecule has 0 radical (unpaired) electrons. The molecule has 4 heterocycles. The van der Waals surface area contributed by atoms with E-state index >= 15 is 0 Å². The zero-order valence-corrected chi connectivity index (χ0v) is 23.8. The number of para-hydroxylation sites is 1. The summed E-state index contributed by atoms with van der Waals surface area (Å²) in [6.07, 6.45) is 3.36. The van der Waals surface area contributed by atoms with Crippen LogP contribution >= 0.6 is 24.8 Å². The van der Waals surface area contributed by atoms with Gasteiger partial charge in [0.25, 0.3) is 5.91 Å². The SMILES string of the molecule is CCCN(C(=O)c1nc2ccccn2c1COc1ccccc1)C1CNCC(C(=O)N2CCOCC2)C1.Cl.Cl. The van der Waals surface area contributed by atoms with Crippen molar-refractivity contribution in [1.82, 2.24) is 24.5 Å². The average Bonchev–Trinajstić information content (AvgIpc) is 3.33. The van der Waals surface area contributed by atoms with Gasteiger partial charge < -0.3 is 24.6 Å². The van der Waals surface area contributed by atoms with E-state index in [0.29, 0.717) is 63.7 Å². The summed E-state index contributed by atoms with van der Waals surface area (Å²) < 4.78 is 13.4. The number of benzene rings is 1. The first-order valence-electron chi connectivity index (χ1n) is 13.2. The summed E-state index contributed by atoms with van der Waals surface area (Å²) in [5, 5.41) is 3.42. The van der Waals surface area contributed by atoms with Gasteiger partial charge in [0.15, 0.2) is 5.69 Å². The molecule has 11 heteroatoms. The van der Waals surface area contributed by atoms with Crippen molar-refractivity contribution in [3.63, 3.8) is 0 Å². The van der Waals surface area contributed by atoms with E-state index in [0.717, 1.165) is 17.9 Å². The van der Waals surface area contributed by atoms with Gasteiger partial charge in [-0.1, -0.05) is 31.2 Å². The fourth-order valence-corrected chi connectivity index (χ4v) is 5.24. The highest BCUT2D eigenvalue weighted by molar-refractivity contribution is 5.94. The second-order valence-electron chi connectivity index (χ2n) is 9.62. The fourth-order valence-electron chi connectivity index (χ4n) is 5.24. The van der Waals surface area contributed by atoms with E-state index in [2.05, 4.69) is 12.2 Å². The molecule has 3 aromatic rings. The largest absolute Gasteiger partial charge is 0.487 e. The van der Waals surface area contributed by atoms with E-state index in [1.807, 2.05) is 68.9 Å². The number of morpholine rings is 1. The van der Waals surface area contributed by atoms with Gasteiger partial charge in [0, 0.05) is 45.0 Å². The maximum atomic E-state index is 14.1. The third-order valence-electron chi connectivity index (χ3n) is 7.12. The van der Waals surface area contributed by atoms with Gasteiger partial charge in [-0.15, -0.1) is 24.8 Å². The van der Waals surface area contributed by atoms with Crippen molar-refractivity contribution in [2.75, 3.05) is 45.9 Å². The van der Waals surface area contributed by atoms with E-state index < -0.39 is 0 Å². The van der Waals surface area contributed by atoms with Crippen molar-refractivity contribution in [3.8, 4) is 5.75 Å². The molecule has 2 aliphatic rings. The Kier molecular flexibility index (Phi) is 11.4. The number of amides is 2. The lowest BCUT2D eigenvalue weighted by molar-refractivity contribution is -0.140. The summed E-state index contributed by atoms with van der Waals surface area (Å²) in [6, 6.07) is 15.2. The van der Waals surface area contributed by atoms with E-state index in [4.69, 9.17) is 14.5 Å². The Morgan fingerprint density at radius 2 is 1.82 bits per heavy atom. The molecule has 39 heavy (non-hydrogen) atoms. The molecule has 1 N–H and O–H groups in total. The highest BCUT2D eigenvalue weighted by Gasteiger charge is 2.36. The van der Waals surface area contributed by atoms with Crippen LogP contribution in [-0.2, 0) is 16.1 Å². The maximum Gasteiger partial charge on any atom is 0.274 e. The third-order valence-corrected chi connectivity index (χ3v) is 7.12. The molecule has 2 aromatic heterocycles. The molecule has 212 valence electrons. The molecular weight excluding hydrogens is 541 g/mol. The zero-order valence-electron chi connectivity index (χ0n) is 22.2. The van der Waals surface area contributed by atoms with E-state index in [1.165, 1.54) is 0 Å². The second-order valence-corrected chi connectivity index (χ2v) is 9.62. The summed E-state index contributed by atoms with van der Waals surface area (Å²) in [5.41, 5.74) is 1.82. The Labute approximate surface area is 241 Å². The van der Waals surface area contributed by atoms with Crippen LogP contribution in [0.3, 0.4) is 0 Å². The highest BCUT2D eigenvalue weighted by atomic mass is 35.5. The molecule has 5 rings (SSSR count). The minimum absolute atomic E-state index is 0. The number of hydrogen-bond donors (Lipinski definition) is 1. The number of nitrogens with one attached hydrogen (secondary N) is 1. The van der Waals surface area contributed by atoms with Gasteiger partial charge in [-0.3, -0.25) is 14.0 Å². The van der Waals surface area contributed by atoms with Gasteiger partial charge in [-0.2, -0.15) is 0 Å². The minimum atomic E-state index is -0.161. The van der Waals surface area contributed by atoms with Gasteiger partial charge in [0.1, 0.15) is 18.0 Å². The quantitative estimate of drug-likeness (QED) is 0.441. The Bertz CT molecular complexity index is 1220. The van der Waals surface area contributed by atoms with Crippen LogP contribution in [0.4, 0.5) is 0 Å². The summed E-state index contributed by atoms with van der Waals surface area (Å²) in [5.74, 6) is 0.599. The molecule has 0 spiro atoms. The summed E-state index contributed by atoms with van der Waals surface area (Å²) in [7, 11) is 0. The van der Waals surface area contributed by atoms with Crippen molar-refractivity contribution in [1.29, 1.82) is 0 Å². The molecule has 1 aromatic carbocycles. The minimum Gasteiger partial charge on any atom is -0.487 e. The molecule has 2 atom stereocenters. The van der Waals surface area contributed by atoms with Crippen LogP contribution in [0.25, 0.3) is 5.65 Å². The van der Waals surface area contributed by atoms with Crippen LogP contribution in [0.2, 0.25) is 0 Å². The zero-order chi connectivity index (χ0) is 25.6. The number of imidazole rings is 1. The lowest BCUT2D eigenvalue weighted by Crippen LogP contribution is -2.55. The normalized spacial score (nSPS) is 19.1. The maximum absolute atomic E-state index is 14.1. The lowest BCUT2D eigenvalue weighted by atomic mass is 9.92. The fraction of sp³-hybridized carbons (Fsp3) is 0.464. The highest BCUT2D eigenvalue weighted by Crippen LogP contribution is 2.24.